The molecule has 0 saturated heterocycles. The molecule has 0 bridgehead atoms. The van der Waals surface area contributed by atoms with Crippen LogP contribution in [-0.4, -0.2) is 24.6 Å². The highest BCUT2D eigenvalue weighted by Crippen LogP contribution is 2.17. The summed E-state index contributed by atoms with van der Waals surface area (Å²) in [5, 5.41) is 0. The monoisotopic (exact) mass is 285 g/mol. The van der Waals surface area contributed by atoms with Crippen molar-refractivity contribution in [3.05, 3.63) is 22.9 Å². The zero-order valence-electron chi connectivity index (χ0n) is 7.42. The Bertz CT molecular complexity index is 319. The molecule has 0 fully saturated rings. The molecule has 7 heteroatoms. The maximum atomic E-state index is 11.6. The highest BCUT2D eigenvalue weighted by molar-refractivity contribution is 9.10. The van der Waals surface area contributed by atoms with Crippen molar-refractivity contribution in [3.8, 4) is 5.75 Å². The summed E-state index contributed by atoms with van der Waals surface area (Å²) in [5.41, 5.74) is 0. The van der Waals surface area contributed by atoms with E-state index in [1.807, 2.05) is 0 Å². The van der Waals surface area contributed by atoms with E-state index in [2.05, 4.69) is 25.7 Å². The first-order valence-corrected chi connectivity index (χ1v) is 4.64. The molecule has 0 aliphatic carbocycles. The number of rotatable bonds is 4. The third-order valence-electron chi connectivity index (χ3n) is 1.25. The van der Waals surface area contributed by atoms with Crippen molar-refractivity contribution in [3.63, 3.8) is 0 Å². The van der Waals surface area contributed by atoms with Gasteiger partial charge in [-0.15, -0.1) is 0 Å². The van der Waals surface area contributed by atoms with E-state index in [1.54, 1.807) is 6.07 Å². The van der Waals surface area contributed by atoms with Crippen LogP contribution >= 0.6 is 15.9 Å². The van der Waals surface area contributed by atoms with Gasteiger partial charge in [0.15, 0.2) is 6.79 Å². The van der Waals surface area contributed by atoms with Gasteiger partial charge in [-0.3, -0.25) is 4.98 Å². The minimum Gasteiger partial charge on any atom is -0.466 e. The van der Waals surface area contributed by atoms with Crippen molar-refractivity contribution in [2.24, 2.45) is 0 Å². The van der Waals surface area contributed by atoms with Gasteiger partial charge < -0.3 is 9.47 Å². The van der Waals surface area contributed by atoms with Gasteiger partial charge in [-0.05, 0) is 22.0 Å². The van der Waals surface area contributed by atoms with Crippen LogP contribution < -0.4 is 4.74 Å². The molecule has 0 aliphatic heterocycles. The summed E-state index contributed by atoms with van der Waals surface area (Å²) in [6.45, 7) is -1.79. The van der Waals surface area contributed by atoms with Crippen LogP contribution in [0.25, 0.3) is 0 Å². The fourth-order valence-electron chi connectivity index (χ4n) is 0.738. The van der Waals surface area contributed by atoms with Crippen molar-refractivity contribution in [1.82, 2.24) is 4.98 Å². The molecule has 0 aromatic carbocycles. The van der Waals surface area contributed by atoms with Crippen molar-refractivity contribution >= 4 is 15.9 Å². The van der Waals surface area contributed by atoms with Crippen molar-refractivity contribution < 1.29 is 22.6 Å². The smallest absolute Gasteiger partial charge is 0.411 e. The van der Waals surface area contributed by atoms with Crippen LogP contribution in [0.5, 0.6) is 5.75 Å². The molecule has 0 unspecified atom stereocenters. The van der Waals surface area contributed by atoms with Gasteiger partial charge in [-0.25, -0.2) is 0 Å². The van der Waals surface area contributed by atoms with Gasteiger partial charge in [0.05, 0.1) is 6.20 Å². The molecular weight excluding hydrogens is 279 g/mol. The first kappa shape index (κ1) is 12.3. The third kappa shape index (κ3) is 5.58. The minimum absolute atomic E-state index is 0.339. The van der Waals surface area contributed by atoms with E-state index >= 15 is 0 Å². The Labute approximate surface area is 92.3 Å². The van der Waals surface area contributed by atoms with Gasteiger partial charge >= 0.3 is 6.18 Å². The molecule has 1 aromatic heterocycles. The first-order valence-electron chi connectivity index (χ1n) is 3.85. The lowest BCUT2D eigenvalue weighted by Crippen LogP contribution is -2.19. The van der Waals surface area contributed by atoms with E-state index in [9.17, 15) is 13.2 Å². The largest absolute Gasteiger partial charge is 0.466 e. The molecule has 1 heterocycles. The standard InChI is InChI=1S/C8H7BrF3NO2/c9-6-1-7(3-13-2-6)15-5-14-4-8(10,11)12/h1-3H,4-5H2. The van der Waals surface area contributed by atoms with Crippen LogP contribution in [0.2, 0.25) is 0 Å². The number of hydrogen-bond donors (Lipinski definition) is 0. The number of ether oxygens (including phenoxy) is 2. The van der Waals surface area contributed by atoms with Crippen LogP contribution in [0.3, 0.4) is 0 Å². The molecule has 0 aliphatic rings. The highest BCUT2D eigenvalue weighted by Gasteiger charge is 2.27. The predicted octanol–water partition coefficient (Wildman–Crippen LogP) is 2.76. The summed E-state index contributed by atoms with van der Waals surface area (Å²) in [5.74, 6) is 0.339. The molecule has 0 radical (unpaired) electrons. The Morgan fingerprint density at radius 2 is 2.07 bits per heavy atom. The molecule has 0 amide bonds. The van der Waals surface area contributed by atoms with E-state index in [1.165, 1.54) is 12.4 Å². The normalized spacial score (nSPS) is 11.5. The van der Waals surface area contributed by atoms with Crippen molar-refractivity contribution in [2.75, 3.05) is 13.4 Å². The van der Waals surface area contributed by atoms with Gasteiger partial charge in [0.1, 0.15) is 12.4 Å². The summed E-state index contributed by atoms with van der Waals surface area (Å²) < 4.78 is 44.7. The van der Waals surface area contributed by atoms with E-state index < -0.39 is 19.6 Å². The second kappa shape index (κ2) is 5.32. The molecule has 0 atom stereocenters. The van der Waals surface area contributed by atoms with Crippen LogP contribution in [0.15, 0.2) is 22.9 Å². The van der Waals surface area contributed by atoms with E-state index in [-0.39, 0.29) is 0 Å². The molecular formula is C8H7BrF3NO2. The molecule has 15 heavy (non-hydrogen) atoms. The maximum absolute atomic E-state index is 11.6. The lowest BCUT2D eigenvalue weighted by molar-refractivity contribution is -0.186. The average Bonchev–Trinajstić information content (AvgIpc) is 2.11. The highest BCUT2D eigenvalue weighted by atomic mass is 79.9. The number of hydrogen-bond acceptors (Lipinski definition) is 3. The second-order valence-electron chi connectivity index (χ2n) is 2.56. The fourth-order valence-corrected chi connectivity index (χ4v) is 1.08. The summed E-state index contributed by atoms with van der Waals surface area (Å²) in [4.78, 5) is 3.76. The van der Waals surface area contributed by atoms with Gasteiger partial charge in [-0.2, -0.15) is 13.2 Å². The zero-order chi connectivity index (χ0) is 11.3. The number of nitrogens with zero attached hydrogens (tertiary/aromatic N) is 1. The van der Waals surface area contributed by atoms with Crippen molar-refractivity contribution in [1.29, 1.82) is 0 Å². The zero-order valence-corrected chi connectivity index (χ0v) is 9.01. The second-order valence-corrected chi connectivity index (χ2v) is 3.48. The fraction of sp³-hybridized carbons (Fsp3) is 0.375. The predicted molar refractivity (Wildman–Crippen MR) is 49.4 cm³/mol. The molecule has 3 nitrogen and oxygen atoms in total. The summed E-state index contributed by atoms with van der Waals surface area (Å²) >= 11 is 3.14. The van der Waals surface area contributed by atoms with Crippen LogP contribution in [0.1, 0.15) is 0 Å². The molecule has 1 rings (SSSR count). The van der Waals surface area contributed by atoms with Crippen LogP contribution in [-0.2, 0) is 4.74 Å². The molecule has 84 valence electrons. The molecule has 0 spiro atoms. The SMILES string of the molecule is FC(F)(F)COCOc1cncc(Br)c1. The molecule has 0 N–H and O–H groups in total. The third-order valence-corrected chi connectivity index (χ3v) is 1.69. The van der Waals surface area contributed by atoms with Crippen LogP contribution in [0, 0.1) is 0 Å². The van der Waals surface area contributed by atoms with Gasteiger partial charge in [-0.1, -0.05) is 0 Å². The molecule has 1 aromatic rings. The Kier molecular flexibility index (Phi) is 4.34. The minimum atomic E-state index is -4.33. The summed E-state index contributed by atoms with van der Waals surface area (Å²) in [7, 11) is 0. The van der Waals surface area contributed by atoms with Crippen LogP contribution in [0.4, 0.5) is 13.2 Å². The average molecular weight is 286 g/mol. The van der Waals surface area contributed by atoms with E-state index in [4.69, 9.17) is 4.74 Å². The van der Waals surface area contributed by atoms with E-state index in [0.717, 1.165) is 0 Å². The number of halogens is 4. The lowest BCUT2D eigenvalue weighted by atomic mass is 10.5. The van der Waals surface area contributed by atoms with Gasteiger partial charge in [0.2, 0.25) is 0 Å². The Hall–Kier alpha value is -0.820. The van der Waals surface area contributed by atoms with E-state index in [0.29, 0.717) is 10.2 Å². The molecule has 0 saturated carbocycles. The number of aromatic nitrogens is 1. The lowest BCUT2D eigenvalue weighted by Gasteiger charge is -2.08. The van der Waals surface area contributed by atoms with Gasteiger partial charge in [0.25, 0.3) is 0 Å². The number of pyridine rings is 1. The topological polar surface area (TPSA) is 31.4 Å². The maximum Gasteiger partial charge on any atom is 0.411 e. The summed E-state index contributed by atoms with van der Waals surface area (Å²) in [6, 6.07) is 1.57. The Morgan fingerprint density at radius 3 is 2.67 bits per heavy atom. The van der Waals surface area contributed by atoms with Gasteiger partial charge in [0, 0.05) is 10.7 Å². The summed E-state index contributed by atoms with van der Waals surface area (Å²) in [6.07, 6.45) is -1.43. The number of alkyl halides is 3. The first-order chi connectivity index (χ1) is 6.97. The Morgan fingerprint density at radius 1 is 1.33 bits per heavy atom. The Balaban J connectivity index is 2.26. The van der Waals surface area contributed by atoms with Crippen molar-refractivity contribution in [2.45, 2.75) is 6.18 Å². The quantitative estimate of drug-likeness (QED) is 0.630.